The number of carbonyl (C=O) groups excluding carboxylic acids is 1. The third-order valence-electron chi connectivity index (χ3n) is 10.9. The van der Waals surface area contributed by atoms with E-state index in [1.165, 1.54) is 6.20 Å². The van der Waals surface area contributed by atoms with Gasteiger partial charge in [0.05, 0.1) is 35.9 Å². The molecule has 8 rings (SSSR count). The van der Waals surface area contributed by atoms with Crippen LogP contribution in [0.4, 0.5) is 11.9 Å². The summed E-state index contributed by atoms with van der Waals surface area (Å²) in [4.78, 5) is 46.1. The van der Waals surface area contributed by atoms with Crippen molar-refractivity contribution >= 4 is 36.2 Å². The van der Waals surface area contributed by atoms with Crippen molar-refractivity contribution in [1.29, 1.82) is 0 Å². The fourth-order valence-electron chi connectivity index (χ4n) is 7.50. The predicted molar refractivity (Wildman–Crippen MR) is 202 cm³/mol. The van der Waals surface area contributed by atoms with E-state index in [2.05, 4.69) is 58.5 Å². The topological polar surface area (TPSA) is 157 Å². The second-order valence-corrected chi connectivity index (χ2v) is 16.2. The number of esters is 1. The van der Waals surface area contributed by atoms with E-state index >= 15 is 0 Å². The minimum atomic E-state index is -0.875. The van der Waals surface area contributed by atoms with Crippen molar-refractivity contribution in [3.8, 4) is 0 Å². The number of aromatic carboxylic acids is 1. The number of carbonyl (C=O) groups is 2. The lowest BCUT2D eigenvalue weighted by molar-refractivity contribution is 0.00669. The highest BCUT2D eigenvalue weighted by Crippen LogP contribution is 2.51. The fourth-order valence-corrected chi connectivity index (χ4v) is 7.50. The lowest BCUT2D eigenvalue weighted by Crippen LogP contribution is -2.37. The van der Waals surface area contributed by atoms with Crippen LogP contribution in [0.1, 0.15) is 130 Å². The lowest BCUT2D eigenvalue weighted by atomic mass is 9.98. The van der Waals surface area contributed by atoms with Crippen molar-refractivity contribution in [1.82, 2.24) is 39.5 Å². The quantitative estimate of drug-likeness (QED) is 0.204. The molecule has 0 unspecified atom stereocenters. The van der Waals surface area contributed by atoms with Gasteiger partial charge < -0.3 is 19.6 Å². The molecule has 0 bridgehead atoms. The monoisotopic (exact) mass is 746 g/mol. The molecule has 284 valence electrons. The predicted octanol–water partition coefficient (Wildman–Crippen LogP) is 6.21. The number of ether oxygens (including phenoxy) is 1. The second kappa shape index (κ2) is 15.0. The molecule has 2 aliphatic carbocycles. The SMILES string of the molecule is CC(C)(C)OC(=O)c1cnn(C2CCN(c3ncccn3)CC2)c1C1(C)CC1.CC1(c2c(C(=O)O)cnn2C2CCN(c3ncccn3)CC2)CC1.Cl. The van der Waals surface area contributed by atoms with Crippen LogP contribution in [-0.2, 0) is 15.6 Å². The summed E-state index contributed by atoms with van der Waals surface area (Å²) in [5.41, 5.74) is 2.45. The number of nitrogens with zero attached hydrogens (tertiary/aromatic N) is 10. The number of hydrogen-bond donors (Lipinski definition) is 1. The highest BCUT2D eigenvalue weighted by molar-refractivity contribution is 5.91. The molecule has 4 fully saturated rings. The molecule has 1 N–H and O–H groups in total. The molecular weight excluding hydrogens is 696 g/mol. The van der Waals surface area contributed by atoms with Crippen LogP contribution >= 0.6 is 12.4 Å². The molecule has 14 nitrogen and oxygen atoms in total. The van der Waals surface area contributed by atoms with Gasteiger partial charge in [-0.2, -0.15) is 10.2 Å². The molecule has 15 heteroatoms. The molecule has 4 aromatic rings. The fraction of sp³-hybridized carbons (Fsp3) is 0.579. The van der Waals surface area contributed by atoms with Crippen LogP contribution in [0.3, 0.4) is 0 Å². The van der Waals surface area contributed by atoms with Crippen molar-refractivity contribution in [2.45, 2.75) is 114 Å². The zero-order valence-corrected chi connectivity index (χ0v) is 32.1. The van der Waals surface area contributed by atoms with E-state index in [4.69, 9.17) is 4.74 Å². The first-order chi connectivity index (χ1) is 24.9. The van der Waals surface area contributed by atoms with Gasteiger partial charge in [0.25, 0.3) is 0 Å². The van der Waals surface area contributed by atoms with Crippen molar-refractivity contribution < 1.29 is 19.4 Å². The van der Waals surface area contributed by atoms with E-state index in [9.17, 15) is 14.7 Å². The summed E-state index contributed by atoms with van der Waals surface area (Å²) >= 11 is 0. The second-order valence-electron chi connectivity index (χ2n) is 16.2. The summed E-state index contributed by atoms with van der Waals surface area (Å²) in [6.07, 6.45) is 18.3. The molecule has 0 aromatic carbocycles. The maximum Gasteiger partial charge on any atom is 0.342 e. The average molecular weight is 747 g/mol. The van der Waals surface area contributed by atoms with Crippen molar-refractivity contribution in [2.24, 2.45) is 0 Å². The summed E-state index contributed by atoms with van der Waals surface area (Å²) < 4.78 is 9.74. The third kappa shape index (κ3) is 8.32. The van der Waals surface area contributed by atoms with Crippen LogP contribution in [-0.4, -0.2) is 88.3 Å². The number of anilines is 2. The number of hydrogen-bond acceptors (Lipinski definition) is 11. The van der Waals surface area contributed by atoms with E-state index < -0.39 is 11.6 Å². The number of carboxylic acid groups (broad SMARTS) is 1. The van der Waals surface area contributed by atoms with Gasteiger partial charge in [0.15, 0.2) is 0 Å². The first-order valence-corrected chi connectivity index (χ1v) is 18.5. The number of piperidine rings is 2. The minimum Gasteiger partial charge on any atom is -0.478 e. The Morgan fingerprint density at radius 2 is 1.08 bits per heavy atom. The smallest absolute Gasteiger partial charge is 0.342 e. The Morgan fingerprint density at radius 3 is 1.43 bits per heavy atom. The molecule has 2 aliphatic heterocycles. The van der Waals surface area contributed by atoms with Crippen LogP contribution in [0.15, 0.2) is 49.3 Å². The maximum absolute atomic E-state index is 12.8. The van der Waals surface area contributed by atoms with E-state index in [1.54, 1.807) is 31.0 Å². The number of aromatic nitrogens is 8. The summed E-state index contributed by atoms with van der Waals surface area (Å²) in [5, 5.41) is 18.6. The minimum absolute atomic E-state index is 0. The van der Waals surface area contributed by atoms with E-state index in [-0.39, 0.29) is 41.3 Å². The molecule has 4 aliphatic rings. The summed E-state index contributed by atoms with van der Waals surface area (Å²) in [5.74, 6) is 0.402. The molecule has 0 spiro atoms. The summed E-state index contributed by atoms with van der Waals surface area (Å²) in [7, 11) is 0. The van der Waals surface area contributed by atoms with Gasteiger partial charge in [-0.3, -0.25) is 9.36 Å². The molecule has 6 heterocycles. The Labute approximate surface area is 316 Å². The summed E-state index contributed by atoms with van der Waals surface area (Å²) in [6.45, 7) is 13.5. The lowest BCUT2D eigenvalue weighted by Gasteiger charge is -2.33. The van der Waals surface area contributed by atoms with Crippen molar-refractivity contribution in [2.75, 3.05) is 36.0 Å². The third-order valence-corrected chi connectivity index (χ3v) is 10.9. The highest BCUT2D eigenvalue weighted by atomic mass is 35.5. The maximum atomic E-state index is 12.8. The average Bonchev–Trinajstić information content (AvgIpc) is 3.94. The van der Waals surface area contributed by atoms with Gasteiger partial charge in [0.2, 0.25) is 11.9 Å². The molecule has 2 saturated carbocycles. The molecule has 0 atom stereocenters. The Balaban J connectivity index is 0.000000180. The van der Waals surface area contributed by atoms with Crippen LogP contribution in [0.5, 0.6) is 0 Å². The van der Waals surface area contributed by atoms with E-state index in [0.29, 0.717) is 11.1 Å². The first-order valence-electron chi connectivity index (χ1n) is 18.5. The summed E-state index contributed by atoms with van der Waals surface area (Å²) in [6, 6.07) is 4.17. The molecule has 2 saturated heterocycles. The number of carboxylic acids is 1. The number of rotatable bonds is 8. The largest absolute Gasteiger partial charge is 0.478 e. The Hall–Kier alpha value is -4.59. The highest BCUT2D eigenvalue weighted by Gasteiger charge is 2.47. The van der Waals surface area contributed by atoms with E-state index in [1.807, 2.05) is 37.6 Å². The molecule has 4 aromatic heterocycles. The molecule has 0 radical (unpaired) electrons. The molecule has 0 amide bonds. The van der Waals surface area contributed by atoms with Crippen LogP contribution in [0, 0.1) is 0 Å². The standard InChI is InChI=1S/C21H29N5O2.C17H21N5O2.ClH/c1-20(2,3)28-18(27)16-14-24-26(17(16)21(4)8-9-21)15-6-12-25(13-7-15)19-22-10-5-11-23-19;1-17(5-6-17)14-13(15(23)24)11-20-22(14)12-3-9-21(10-4-12)16-18-7-2-8-19-16;/h5,10-11,14-15H,6-9,12-13H2,1-4H3;2,7-8,11-12H,3-6,9-10H2,1H3,(H,23,24);1H. The van der Waals surface area contributed by atoms with Gasteiger partial charge in [-0.05, 0) is 84.3 Å². The van der Waals surface area contributed by atoms with Crippen LogP contribution < -0.4 is 9.80 Å². The first kappa shape index (κ1) is 38.1. The van der Waals surface area contributed by atoms with Gasteiger partial charge in [-0.15, -0.1) is 12.4 Å². The van der Waals surface area contributed by atoms with Crippen LogP contribution in [0.25, 0.3) is 0 Å². The van der Waals surface area contributed by atoms with Gasteiger partial charge in [-0.1, -0.05) is 13.8 Å². The van der Waals surface area contributed by atoms with Crippen molar-refractivity contribution in [3.05, 3.63) is 71.8 Å². The molecule has 53 heavy (non-hydrogen) atoms. The van der Waals surface area contributed by atoms with Gasteiger partial charge in [0, 0.05) is 61.8 Å². The van der Waals surface area contributed by atoms with E-state index in [0.717, 1.165) is 101 Å². The van der Waals surface area contributed by atoms with Crippen LogP contribution in [0.2, 0.25) is 0 Å². The Kier molecular flexibility index (Phi) is 10.8. The van der Waals surface area contributed by atoms with Gasteiger partial charge in [-0.25, -0.2) is 29.5 Å². The van der Waals surface area contributed by atoms with Gasteiger partial charge in [0.1, 0.15) is 16.7 Å². The van der Waals surface area contributed by atoms with Crippen molar-refractivity contribution in [3.63, 3.8) is 0 Å². The molecular formula is C38H51ClN10O4. The zero-order valence-electron chi connectivity index (χ0n) is 31.3. The Morgan fingerprint density at radius 1 is 0.698 bits per heavy atom. The zero-order chi connectivity index (χ0) is 36.7. The number of halogens is 1. The Bertz CT molecular complexity index is 1870. The van der Waals surface area contributed by atoms with Gasteiger partial charge >= 0.3 is 11.9 Å². The normalized spacial score (nSPS) is 19.4.